The number of ether oxygens (including phenoxy) is 5. The van der Waals surface area contributed by atoms with Crippen LogP contribution in [0.4, 0.5) is 0 Å². The van der Waals surface area contributed by atoms with Crippen LogP contribution in [0, 0.1) is 11.8 Å². The molecule has 1 fully saturated rings. The number of methoxy groups -OCH3 is 4. The van der Waals surface area contributed by atoms with Gasteiger partial charge >= 0.3 is 0 Å². The predicted octanol–water partition coefficient (Wildman–Crippen LogP) is 4.12. The summed E-state index contributed by atoms with van der Waals surface area (Å²) in [5, 5.41) is 10.5. The lowest BCUT2D eigenvalue weighted by atomic mass is 9.91. The van der Waals surface area contributed by atoms with Crippen molar-refractivity contribution in [1.82, 2.24) is 0 Å². The second-order valence-electron chi connectivity index (χ2n) is 8.39. The van der Waals surface area contributed by atoms with Crippen molar-refractivity contribution in [3.8, 4) is 0 Å². The first kappa shape index (κ1) is 27.3. The van der Waals surface area contributed by atoms with Gasteiger partial charge in [-0.3, -0.25) is 0 Å². The van der Waals surface area contributed by atoms with Crippen LogP contribution in [0.2, 0.25) is 0 Å². The molecule has 0 aliphatic carbocycles. The summed E-state index contributed by atoms with van der Waals surface area (Å²) in [6, 6.07) is 0. The first-order chi connectivity index (χ1) is 14.3. The van der Waals surface area contributed by atoms with Gasteiger partial charge in [-0.1, -0.05) is 39.0 Å². The minimum atomic E-state index is -0.375. The van der Waals surface area contributed by atoms with Crippen LogP contribution in [0.1, 0.15) is 53.4 Å². The Morgan fingerprint density at radius 1 is 1.10 bits per heavy atom. The Bertz CT molecular complexity index is 516. The number of rotatable bonds is 13. The number of aliphatic hydroxyl groups excluding tert-OH is 1. The molecule has 0 spiro atoms. The van der Waals surface area contributed by atoms with E-state index in [0.29, 0.717) is 12.3 Å². The second kappa shape index (κ2) is 14.3. The Balaban J connectivity index is 2.67. The van der Waals surface area contributed by atoms with Crippen molar-refractivity contribution in [3.05, 3.63) is 23.8 Å². The average molecular weight is 429 g/mol. The van der Waals surface area contributed by atoms with Gasteiger partial charge in [0.15, 0.2) is 6.29 Å². The minimum absolute atomic E-state index is 0.0628. The summed E-state index contributed by atoms with van der Waals surface area (Å²) in [5.41, 5.74) is 1.03. The fraction of sp³-hybridized carbons (Fsp3) is 0.833. The van der Waals surface area contributed by atoms with Crippen molar-refractivity contribution in [3.63, 3.8) is 0 Å². The molecule has 0 bridgehead atoms. The maximum Gasteiger partial charge on any atom is 0.160 e. The molecule has 1 N–H and O–H groups in total. The van der Waals surface area contributed by atoms with E-state index in [1.54, 1.807) is 28.4 Å². The van der Waals surface area contributed by atoms with Gasteiger partial charge < -0.3 is 28.8 Å². The van der Waals surface area contributed by atoms with Gasteiger partial charge in [-0.15, -0.1) is 0 Å². The topological polar surface area (TPSA) is 66.4 Å². The van der Waals surface area contributed by atoms with Gasteiger partial charge in [0.25, 0.3) is 0 Å². The summed E-state index contributed by atoms with van der Waals surface area (Å²) < 4.78 is 28.2. The highest BCUT2D eigenvalue weighted by molar-refractivity contribution is 5.18. The molecule has 0 aromatic carbocycles. The highest BCUT2D eigenvalue weighted by Gasteiger charge is 2.40. The smallest absolute Gasteiger partial charge is 0.160 e. The lowest BCUT2D eigenvalue weighted by Crippen LogP contribution is -2.51. The van der Waals surface area contributed by atoms with Crippen LogP contribution < -0.4 is 0 Å². The van der Waals surface area contributed by atoms with Crippen LogP contribution in [0.3, 0.4) is 0 Å². The van der Waals surface area contributed by atoms with Gasteiger partial charge in [-0.2, -0.15) is 0 Å². The summed E-state index contributed by atoms with van der Waals surface area (Å²) in [7, 11) is 6.76. The molecule has 6 heteroatoms. The first-order valence-electron chi connectivity index (χ1n) is 11.1. The third kappa shape index (κ3) is 8.06. The lowest BCUT2D eigenvalue weighted by molar-refractivity contribution is -0.241. The highest BCUT2D eigenvalue weighted by atomic mass is 16.7. The molecule has 0 radical (unpaired) electrons. The quantitative estimate of drug-likeness (QED) is 0.445. The first-order valence-corrected chi connectivity index (χ1v) is 11.1. The van der Waals surface area contributed by atoms with Gasteiger partial charge in [-0.25, -0.2) is 0 Å². The Hall–Kier alpha value is -0.760. The molecule has 0 saturated carbocycles. The number of hydrogen-bond donors (Lipinski definition) is 1. The standard InChI is InChI=1S/C24H44O6/c1-9-20(26-5)17(3)13-14-19(25)16(2)11-10-12-18(4)23-24(29-8)21(27-6)15-22(28-7)30-23/h10-12,16-17,19-25H,9,13-15H2,1-8H3/b11-10+,18-12+/t16?,17?,19?,20?,21?,22-,23?,24-/m1/s1. The summed E-state index contributed by atoms with van der Waals surface area (Å²) in [6.07, 6.45) is 8.42. The van der Waals surface area contributed by atoms with Crippen molar-refractivity contribution in [2.24, 2.45) is 11.8 Å². The van der Waals surface area contributed by atoms with E-state index in [1.165, 1.54) is 0 Å². The number of hydrogen-bond acceptors (Lipinski definition) is 6. The van der Waals surface area contributed by atoms with Crippen molar-refractivity contribution in [2.75, 3.05) is 28.4 Å². The predicted molar refractivity (Wildman–Crippen MR) is 119 cm³/mol. The third-order valence-corrected chi connectivity index (χ3v) is 6.31. The molecule has 6 nitrogen and oxygen atoms in total. The Morgan fingerprint density at radius 2 is 1.80 bits per heavy atom. The Morgan fingerprint density at radius 3 is 2.33 bits per heavy atom. The highest BCUT2D eigenvalue weighted by Crippen LogP contribution is 2.29. The molecule has 30 heavy (non-hydrogen) atoms. The van der Waals surface area contributed by atoms with Gasteiger partial charge in [0.2, 0.25) is 0 Å². The van der Waals surface area contributed by atoms with Crippen molar-refractivity contribution in [1.29, 1.82) is 0 Å². The summed E-state index contributed by atoms with van der Waals surface area (Å²) in [5.74, 6) is 0.498. The van der Waals surface area contributed by atoms with E-state index in [-0.39, 0.29) is 42.7 Å². The van der Waals surface area contributed by atoms with Crippen molar-refractivity contribution >= 4 is 0 Å². The van der Waals surface area contributed by atoms with Crippen LogP contribution in [-0.4, -0.2) is 70.4 Å². The summed E-state index contributed by atoms with van der Waals surface area (Å²) in [6.45, 7) is 8.38. The zero-order valence-electron chi connectivity index (χ0n) is 20.2. The van der Waals surface area contributed by atoms with E-state index < -0.39 is 0 Å². The lowest BCUT2D eigenvalue weighted by Gasteiger charge is -2.40. The minimum Gasteiger partial charge on any atom is -0.393 e. The summed E-state index contributed by atoms with van der Waals surface area (Å²) >= 11 is 0. The van der Waals surface area contributed by atoms with Crippen LogP contribution in [0.5, 0.6) is 0 Å². The molecule has 176 valence electrons. The van der Waals surface area contributed by atoms with E-state index >= 15 is 0 Å². The molecule has 6 unspecified atom stereocenters. The van der Waals surface area contributed by atoms with Gasteiger partial charge in [0, 0.05) is 40.8 Å². The van der Waals surface area contributed by atoms with Gasteiger partial charge in [0.05, 0.1) is 18.3 Å². The van der Waals surface area contributed by atoms with Crippen LogP contribution in [-0.2, 0) is 23.7 Å². The molecular weight excluding hydrogens is 384 g/mol. The van der Waals surface area contributed by atoms with Crippen LogP contribution in [0.15, 0.2) is 23.8 Å². The largest absolute Gasteiger partial charge is 0.393 e. The van der Waals surface area contributed by atoms with E-state index in [0.717, 1.165) is 24.8 Å². The molecule has 1 saturated heterocycles. The monoisotopic (exact) mass is 428 g/mol. The van der Waals surface area contributed by atoms with Crippen LogP contribution in [0.25, 0.3) is 0 Å². The average Bonchev–Trinajstić information content (AvgIpc) is 2.76. The Labute approximate surface area is 183 Å². The van der Waals surface area contributed by atoms with Crippen molar-refractivity contribution < 1.29 is 28.8 Å². The molecule has 0 aromatic rings. The van der Waals surface area contributed by atoms with E-state index in [2.05, 4.69) is 13.8 Å². The normalized spacial score (nSPS) is 29.7. The number of aliphatic hydroxyl groups is 1. The fourth-order valence-corrected chi connectivity index (χ4v) is 4.13. The maximum atomic E-state index is 10.5. The molecule has 0 amide bonds. The summed E-state index contributed by atoms with van der Waals surface area (Å²) in [4.78, 5) is 0. The fourth-order valence-electron chi connectivity index (χ4n) is 4.13. The van der Waals surface area contributed by atoms with E-state index in [4.69, 9.17) is 23.7 Å². The molecule has 1 heterocycles. The molecule has 1 aliphatic heterocycles. The van der Waals surface area contributed by atoms with Crippen LogP contribution >= 0.6 is 0 Å². The Kier molecular flexibility index (Phi) is 13.0. The zero-order chi connectivity index (χ0) is 22.7. The SMILES string of the molecule is CCC(OC)C(C)CCC(O)C(C)/C=C/C=C(\C)C1O[C@@H](OC)CC(OC)[C@H]1OC. The van der Waals surface area contributed by atoms with E-state index in [1.807, 2.05) is 32.1 Å². The molecular formula is C24H44O6. The third-order valence-electron chi connectivity index (χ3n) is 6.31. The second-order valence-corrected chi connectivity index (χ2v) is 8.39. The molecule has 1 rings (SSSR count). The van der Waals surface area contributed by atoms with Crippen molar-refractivity contribution in [2.45, 2.75) is 90.2 Å². The molecule has 8 atom stereocenters. The number of allylic oxidation sites excluding steroid dienone is 2. The molecule has 0 aromatic heterocycles. The molecule has 1 aliphatic rings. The van der Waals surface area contributed by atoms with E-state index in [9.17, 15) is 5.11 Å². The maximum absolute atomic E-state index is 10.5. The van der Waals surface area contributed by atoms with Gasteiger partial charge in [0.1, 0.15) is 12.2 Å². The zero-order valence-corrected chi connectivity index (χ0v) is 20.2. The van der Waals surface area contributed by atoms with Gasteiger partial charge in [-0.05, 0) is 37.7 Å².